The highest BCUT2D eigenvalue weighted by atomic mass is 79.9. The van der Waals surface area contributed by atoms with Crippen LogP contribution in [0, 0.1) is 0 Å². The van der Waals surface area contributed by atoms with Gasteiger partial charge in [-0.15, -0.1) is 0 Å². The van der Waals surface area contributed by atoms with Gasteiger partial charge in [0.15, 0.2) is 0 Å². The first kappa shape index (κ1) is 16.8. The van der Waals surface area contributed by atoms with Crippen LogP contribution in [-0.2, 0) is 0 Å². The minimum Gasteiger partial charge on any atom is -0.296 e. The molecule has 3 atom stereocenters. The third-order valence-corrected chi connectivity index (χ3v) is 6.53. The molecular formula is C20H22Br2N2. The Labute approximate surface area is 161 Å². The molecule has 0 aromatic heterocycles. The number of hydrogen-bond acceptors (Lipinski definition) is 2. The lowest BCUT2D eigenvalue weighted by molar-refractivity contribution is 0.0109. The van der Waals surface area contributed by atoms with E-state index in [9.17, 15) is 0 Å². The number of halogens is 2. The van der Waals surface area contributed by atoms with Crippen LogP contribution in [0.15, 0.2) is 57.5 Å². The molecule has 0 saturated carbocycles. The molecule has 2 nitrogen and oxygen atoms in total. The minimum absolute atomic E-state index is 0.397. The van der Waals surface area contributed by atoms with Crippen molar-refractivity contribution in [3.63, 3.8) is 0 Å². The van der Waals surface area contributed by atoms with Gasteiger partial charge in [-0.05, 0) is 61.8 Å². The highest BCUT2D eigenvalue weighted by Gasteiger charge is 2.43. The molecule has 0 aliphatic carbocycles. The van der Waals surface area contributed by atoms with Crippen LogP contribution in [0.25, 0.3) is 0 Å². The molecule has 0 N–H and O–H groups in total. The molecule has 0 radical (unpaired) electrons. The molecular weight excluding hydrogens is 428 g/mol. The quantitative estimate of drug-likeness (QED) is 0.605. The van der Waals surface area contributed by atoms with Crippen molar-refractivity contribution in [2.24, 2.45) is 0 Å². The lowest BCUT2D eigenvalue weighted by atomic mass is 9.88. The molecule has 2 aromatic carbocycles. The van der Waals surface area contributed by atoms with Gasteiger partial charge in [-0.1, -0.05) is 56.1 Å². The van der Waals surface area contributed by atoms with Gasteiger partial charge in [0.25, 0.3) is 0 Å². The van der Waals surface area contributed by atoms with E-state index < -0.39 is 0 Å². The Kier molecular flexibility index (Phi) is 4.83. The maximum Gasteiger partial charge on any atom is 0.0548 e. The Balaban J connectivity index is 1.78. The predicted octanol–water partition coefficient (Wildman–Crippen LogP) is 5.40. The maximum absolute atomic E-state index is 3.58. The standard InChI is InChI=1S/C20H22Br2N2/c1-23-13-18-3-2-12-24(18)20(15-6-10-17(22)11-7-15)19(23)14-4-8-16(21)9-5-14/h4-11,18-20H,2-3,12-13H2,1H3/t18-,19+,20+/m0/s1. The first-order valence-corrected chi connectivity index (χ1v) is 10.2. The van der Waals surface area contributed by atoms with Gasteiger partial charge >= 0.3 is 0 Å². The number of fused-ring (bicyclic) bond motifs is 1. The summed E-state index contributed by atoms with van der Waals surface area (Å²) in [6.45, 7) is 2.38. The highest BCUT2D eigenvalue weighted by Crippen LogP contribution is 2.45. The zero-order valence-corrected chi connectivity index (χ0v) is 17.0. The highest BCUT2D eigenvalue weighted by molar-refractivity contribution is 9.10. The molecule has 0 bridgehead atoms. The Hall–Kier alpha value is -0.680. The van der Waals surface area contributed by atoms with Crippen LogP contribution in [0.1, 0.15) is 36.1 Å². The van der Waals surface area contributed by atoms with Crippen LogP contribution in [0.2, 0.25) is 0 Å². The normalized spacial score (nSPS) is 28.0. The fourth-order valence-corrected chi connectivity index (χ4v) is 4.95. The van der Waals surface area contributed by atoms with Crippen molar-refractivity contribution in [2.75, 3.05) is 20.1 Å². The molecule has 4 rings (SSSR count). The van der Waals surface area contributed by atoms with Crippen LogP contribution in [0.3, 0.4) is 0 Å². The van der Waals surface area contributed by atoms with E-state index in [1.54, 1.807) is 0 Å². The Morgan fingerprint density at radius 3 is 1.96 bits per heavy atom. The largest absolute Gasteiger partial charge is 0.296 e. The van der Waals surface area contributed by atoms with Gasteiger partial charge in [-0.25, -0.2) is 0 Å². The second-order valence-electron chi connectivity index (χ2n) is 6.97. The van der Waals surface area contributed by atoms with Crippen molar-refractivity contribution in [1.82, 2.24) is 9.80 Å². The second kappa shape index (κ2) is 6.91. The Morgan fingerprint density at radius 1 is 0.833 bits per heavy atom. The average molecular weight is 450 g/mol. The summed E-state index contributed by atoms with van der Waals surface area (Å²) in [5.74, 6) is 0. The number of hydrogen-bond donors (Lipinski definition) is 0. The molecule has 0 unspecified atom stereocenters. The van der Waals surface area contributed by atoms with Crippen molar-refractivity contribution in [2.45, 2.75) is 31.0 Å². The molecule has 2 aromatic rings. The van der Waals surface area contributed by atoms with E-state index in [1.807, 2.05) is 0 Å². The zero-order chi connectivity index (χ0) is 16.7. The fourth-order valence-electron chi connectivity index (χ4n) is 4.42. The fraction of sp³-hybridized carbons (Fsp3) is 0.400. The number of likely N-dealkylation sites (N-methyl/N-ethyl adjacent to an activating group) is 1. The monoisotopic (exact) mass is 448 g/mol. The maximum atomic E-state index is 3.58. The summed E-state index contributed by atoms with van der Waals surface area (Å²) in [7, 11) is 2.29. The average Bonchev–Trinajstić information content (AvgIpc) is 3.03. The van der Waals surface area contributed by atoms with Gasteiger partial charge in [0.1, 0.15) is 0 Å². The number of piperazine rings is 1. The van der Waals surface area contributed by atoms with Crippen molar-refractivity contribution in [1.29, 1.82) is 0 Å². The van der Waals surface area contributed by atoms with Crippen LogP contribution >= 0.6 is 31.9 Å². The van der Waals surface area contributed by atoms with Gasteiger partial charge in [0, 0.05) is 21.5 Å². The number of rotatable bonds is 2. The van der Waals surface area contributed by atoms with Crippen molar-refractivity contribution < 1.29 is 0 Å². The minimum atomic E-state index is 0.397. The van der Waals surface area contributed by atoms with Gasteiger partial charge in [0.05, 0.1) is 12.1 Å². The Morgan fingerprint density at radius 2 is 1.38 bits per heavy atom. The summed E-state index contributed by atoms with van der Waals surface area (Å²) in [4.78, 5) is 5.30. The number of nitrogens with zero attached hydrogens (tertiary/aromatic N) is 2. The van der Waals surface area contributed by atoms with E-state index in [-0.39, 0.29) is 0 Å². The molecule has 0 spiro atoms. The van der Waals surface area contributed by atoms with Crippen LogP contribution in [-0.4, -0.2) is 36.0 Å². The molecule has 0 amide bonds. The first-order valence-electron chi connectivity index (χ1n) is 8.60. The van der Waals surface area contributed by atoms with Crippen molar-refractivity contribution >= 4 is 31.9 Å². The van der Waals surface area contributed by atoms with Gasteiger partial charge in [-0.2, -0.15) is 0 Å². The number of benzene rings is 2. The van der Waals surface area contributed by atoms with E-state index in [0.717, 1.165) is 15.5 Å². The summed E-state index contributed by atoms with van der Waals surface area (Å²) in [6.07, 6.45) is 2.64. The van der Waals surface area contributed by atoms with E-state index in [4.69, 9.17) is 0 Å². The smallest absolute Gasteiger partial charge is 0.0548 e. The van der Waals surface area contributed by atoms with E-state index in [0.29, 0.717) is 18.1 Å². The van der Waals surface area contributed by atoms with Crippen LogP contribution in [0.4, 0.5) is 0 Å². The molecule has 126 valence electrons. The lowest BCUT2D eigenvalue weighted by Gasteiger charge is -2.49. The van der Waals surface area contributed by atoms with Crippen molar-refractivity contribution in [3.05, 3.63) is 68.6 Å². The van der Waals surface area contributed by atoms with E-state index in [1.165, 1.54) is 30.5 Å². The third kappa shape index (κ3) is 3.10. The molecule has 2 aliphatic heterocycles. The summed E-state index contributed by atoms with van der Waals surface area (Å²) in [5.41, 5.74) is 2.82. The summed E-state index contributed by atoms with van der Waals surface area (Å²) in [5, 5.41) is 0. The van der Waals surface area contributed by atoms with E-state index >= 15 is 0 Å². The van der Waals surface area contributed by atoms with Gasteiger partial charge < -0.3 is 0 Å². The molecule has 2 heterocycles. The summed E-state index contributed by atoms with van der Waals surface area (Å²) < 4.78 is 2.29. The lowest BCUT2D eigenvalue weighted by Crippen LogP contribution is -2.52. The molecule has 2 aliphatic rings. The summed E-state index contributed by atoms with van der Waals surface area (Å²) in [6, 6.07) is 19.3. The van der Waals surface area contributed by atoms with Crippen LogP contribution < -0.4 is 0 Å². The molecule has 2 fully saturated rings. The van der Waals surface area contributed by atoms with Crippen LogP contribution in [0.5, 0.6) is 0 Å². The molecule has 2 saturated heterocycles. The van der Waals surface area contributed by atoms with Gasteiger partial charge in [-0.3, -0.25) is 9.80 Å². The summed E-state index contributed by atoms with van der Waals surface area (Å²) >= 11 is 7.14. The molecule has 4 heteroatoms. The second-order valence-corrected chi connectivity index (χ2v) is 8.80. The van der Waals surface area contributed by atoms with E-state index in [2.05, 4.69) is 97.2 Å². The SMILES string of the molecule is CN1C[C@@H]2CCCN2[C@H](c2ccc(Br)cc2)[C@H]1c1ccc(Br)cc1. The zero-order valence-electron chi connectivity index (χ0n) is 13.8. The van der Waals surface area contributed by atoms with Gasteiger partial charge in [0.2, 0.25) is 0 Å². The Bertz CT molecular complexity index is 699. The topological polar surface area (TPSA) is 6.48 Å². The molecule has 24 heavy (non-hydrogen) atoms. The van der Waals surface area contributed by atoms with Crippen molar-refractivity contribution in [3.8, 4) is 0 Å². The predicted molar refractivity (Wildman–Crippen MR) is 106 cm³/mol. The third-order valence-electron chi connectivity index (χ3n) is 5.48. The first-order chi connectivity index (χ1) is 11.6.